The van der Waals surface area contributed by atoms with Crippen molar-refractivity contribution in [2.24, 2.45) is 7.05 Å². The Morgan fingerprint density at radius 2 is 2.00 bits per heavy atom. The lowest BCUT2D eigenvalue weighted by Gasteiger charge is -1.97. The van der Waals surface area contributed by atoms with E-state index in [0.717, 1.165) is 11.0 Å². The van der Waals surface area contributed by atoms with Gasteiger partial charge in [-0.05, 0) is 19.1 Å². The minimum Gasteiger partial charge on any atom is -0.457 e. The summed E-state index contributed by atoms with van der Waals surface area (Å²) in [5.74, 6) is 0.938. The summed E-state index contributed by atoms with van der Waals surface area (Å²) in [7, 11) is -2.48. The Morgan fingerprint density at radius 3 is 2.60 bits per heavy atom. The zero-order valence-corrected chi connectivity index (χ0v) is 11.7. The van der Waals surface area contributed by atoms with Crippen molar-refractivity contribution >= 4 is 21.2 Å². The van der Waals surface area contributed by atoms with Crippen molar-refractivity contribution < 1.29 is 17.4 Å². The Balaban J connectivity index is 2.24. The van der Waals surface area contributed by atoms with Crippen molar-refractivity contribution in [2.75, 3.05) is 0 Å². The molecule has 0 aliphatic heterocycles. The molecule has 0 atom stereocenters. The largest absolute Gasteiger partial charge is 0.457 e. The van der Waals surface area contributed by atoms with Crippen LogP contribution in [0.15, 0.2) is 39.6 Å². The molecule has 3 rings (SSSR count). The number of hydrogen-bond acceptors (Lipinski definition) is 4. The molecule has 0 amide bonds. The highest BCUT2D eigenvalue weighted by Gasteiger charge is 2.22. The first kappa shape index (κ1) is 12.9. The molecule has 0 saturated heterocycles. The van der Waals surface area contributed by atoms with Gasteiger partial charge in [0, 0.05) is 13.1 Å². The van der Waals surface area contributed by atoms with Gasteiger partial charge >= 0.3 is 0 Å². The molecule has 6 nitrogen and oxygen atoms in total. The summed E-state index contributed by atoms with van der Waals surface area (Å²) in [6.45, 7) is 1.48. The summed E-state index contributed by atoms with van der Waals surface area (Å²) < 4.78 is 38.8. The molecular formula is C13H12N2O4S. The van der Waals surface area contributed by atoms with E-state index in [1.54, 1.807) is 4.57 Å². The average molecular weight is 292 g/mol. The number of rotatable bonds is 2. The van der Waals surface area contributed by atoms with Gasteiger partial charge in [-0.2, -0.15) is 8.42 Å². The van der Waals surface area contributed by atoms with E-state index in [4.69, 9.17) is 8.97 Å². The SMILES string of the molecule is Cc1oc(-c2nc3ccccc3n2C)cc1S(=O)(=O)O. The topological polar surface area (TPSA) is 85.3 Å². The maximum absolute atomic E-state index is 11.2. The van der Waals surface area contributed by atoms with Gasteiger partial charge < -0.3 is 8.98 Å². The monoisotopic (exact) mass is 292 g/mol. The van der Waals surface area contributed by atoms with Crippen molar-refractivity contribution in [1.29, 1.82) is 0 Å². The number of benzene rings is 1. The quantitative estimate of drug-likeness (QED) is 0.733. The molecule has 7 heteroatoms. The summed E-state index contributed by atoms with van der Waals surface area (Å²) in [5.41, 5.74) is 1.69. The maximum Gasteiger partial charge on any atom is 0.298 e. The van der Waals surface area contributed by atoms with Crippen LogP contribution in [-0.2, 0) is 17.2 Å². The molecule has 0 bridgehead atoms. The third-order valence-corrected chi connectivity index (χ3v) is 4.12. The molecule has 104 valence electrons. The molecule has 1 N–H and O–H groups in total. The van der Waals surface area contributed by atoms with Crippen LogP contribution in [0, 0.1) is 6.92 Å². The van der Waals surface area contributed by atoms with E-state index in [1.165, 1.54) is 13.0 Å². The van der Waals surface area contributed by atoms with E-state index in [2.05, 4.69) is 4.98 Å². The highest BCUT2D eigenvalue weighted by Crippen LogP contribution is 2.29. The van der Waals surface area contributed by atoms with Crippen LogP contribution in [0.25, 0.3) is 22.6 Å². The van der Waals surface area contributed by atoms with Gasteiger partial charge in [0.25, 0.3) is 10.1 Å². The minimum atomic E-state index is -4.29. The van der Waals surface area contributed by atoms with Crippen LogP contribution < -0.4 is 0 Å². The molecule has 0 unspecified atom stereocenters. The standard InChI is InChI=1S/C13H12N2O4S/c1-8-12(20(16,17)18)7-11(19-8)13-14-9-5-3-4-6-10(9)15(13)2/h3-7H,1-2H3,(H,16,17,18). The number of aryl methyl sites for hydroxylation is 2. The average Bonchev–Trinajstić information content (AvgIpc) is 2.91. The molecule has 1 aromatic carbocycles. The number of aromatic nitrogens is 2. The van der Waals surface area contributed by atoms with Crippen LogP contribution in [0.5, 0.6) is 0 Å². The van der Waals surface area contributed by atoms with Crippen LogP contribution >= 0.6 is 0 Å². The molecule has 3 aromatic rings. The van der Waals surface area contributed by atoms with Gasteiger partial charge in [-0.15, -0.1) is 0 Å². The first-order valence-electron chi connectivity index (χ1n) is 5.87. The van der Waals surface area contributed by atoms with E-state index in [0.29, 0.717) is 11.6 Å². The Bertz CT molecular complexity index is 906. The van der Waals surface area contributed by atoms with E-state index >= 15 is 0 Å². The number of fused-ring (bicyclic) bond motifs is 1. The van der Waals surface area contributed by atoms with Gasteiger partial charge in [0.05, 0.1) is 11.0 Å². The molecule has 0 saturated carbocycles. The van der Waals surface area contributed by atoms with Crippen molar-refractivity contribution in [3.8, 4) is 11.6 Å². The fraction of sp³-hybridized carbons (Fsp3) is 0.154. The van der Waals surface area contributed by atoms with Gasteiger partial charge in [-0.25, -0.2) is 4.98 Å². The second-order valence-electron chi connectivity index (χ2n) is 4.49. The van der Waals surface area contributed by atoms with Crippen LogP contribution in [0.1, 0.15) is 5.76 Å². The van der Waals surface area contributed by atoms with Crippen molar-refractivity contribution in [2.45, 2.75) is 11.8 Å². The lowest BCUT2D eigenvalue weighted by atomic mass is 10.3. The normalized spacial score (nSPS) is 12.2. The number of furan rings is 1. The second kappa shape index (κ2) is 4.19. The zero-order valence-electron chi connectivity index (χ0n) is 10.9. The summed E-state index contributed by atoms with van der Waals surface area (Å²) in [6, 6.07) is 8.82. The third kappa shape index (κ3) is 1.91. The fourth-order valence-electron chi connectivity index (χ4n) is 2.20. The number of nitrogens with zero attached hydrogens (tertiary/aromatic N) is 2. The van der Waals surface area contributed by atoms with Crippen molar-refractivity contribution in [3.05, 3.63) is 36.1 Å². The van der Waals surface area contributed by atoms with E-state index < -0.39 is 10.1 Å². The van der Waals surface area contributed by atoms with E-state index in [9.17, 15) is 8.42 Å². The summed E-state index contributed by atoms with van der Waals surface area (Å²) in [6.07, 6.45) is 0. The van der Waals surface area contributed by atoms with Gasteiger partial charge in [-0.3, -0.25) is 4.55 Å². The molecule has 0 radical (unpaired) electrons. The number of hydrogen-bond donors (Lipinski definition) is 1. The lowest BCUT2D eigenvalue weighted by Crippen LogP contribution is -1.97. The Hall–Kier alpha value is -2.12. The minimum absolute atomic E-state index is 0.134. The predicted octanol–water partition coefficient (Wildman–Crippen LogP) is 2.39. The smallest absolute Gasteiger partial charge is 0.298 e. The van der Waals surface area contributed by atoms with Gasteiger partial charge in [-0.1, -0.05) is 12.1 Å². The number of imidazole rings is 1. The highest BCUT2D eigenvalue weighted by molar-refractivity contribution is 7.85. The fourth-order valence-corrected chi connectivity index (χ4v) is 2.86. The Morgan fingerprint density at radius 1 is 1.30 bits per heavy atom. The zero-order chi connectivity index (χ0) is 14.5. The molecule has 2 heterocycles. The van der Waals surface area contributed by atoms with Crippen LogP contribution in [0.2, 0.25) is 0 Å². The van der Waals surface area contributed by atoms with Crippen molar-refractivity contribution in [1.82, 2.24) is 9.55 Å². The maximum atomic E-state index is 11.2. The molecule has 2 aromatic heterocycles. The van der Waals surface area contributed by atoms with Crippen LogP contribution in [0.4, 0.5) is 0 Å². The van der Waals surface area contributed by atoms with Crippen LogP contribution in [0.3, 0.4) is 0 Å². The molecule has 0 spiro atoms. The predicted molar refractivity (Wildman–Crippen MR) is 73.0 cm³/mol. The van der Waals surface area contributed by atoms with Gasteiger partial charge in [0.15, 0.2) is 11.6 Å². The first-order valence-corrected chi connectivity index (χ1v) is 7.31. The van der Waals surface area contributed by atoms with E-state index in [-0.39, 0.29) is 10.7 Å². The third-order valence-electron chi connectivity index (χ3n) is 3.16. The second-order valence-corrected chi connectivity index (χ2v) is 5.88. The summed E-state index contributed by atoms with van der Waals surface area (Å²) >= 11 is 0. The lowest BCUT2D eigenvalue weighted by molar-refractivity contribution is 0.476. The summed E-state index contributed by atoms with van der Waals surface area (Å²) in [4.78, 5) is 4.18. The molecule has 0 aliphatic carbocycles. The van der Waals surface area contributed by atoms with E-state index in [1.807, 2.05) is 31.3 Å². The molecular weight excluding hydrogens is 280 g/mol. The van der Waals surface area contributed by atoms with Crippen LogP contribution in [-0.4, -0.2) is 22.5 Å². The first-order chi connectivity index (χ1) is 9.38. The van der Waals surface area contributed by atoms with Gasteiger partial charge in [0.2, 0.25) is 0 Å². The summed E-state index contributed by atoms with van der Waals surface area (Å²) in [5, 5.41) is 0. The molecule has 20 heavy (non-hydrogen) atoms. The van der Waals surface area contributed by atoms with Crippen molar-refractivity contribution in [3.63, 3.8) is 0 Å². The highest BCUT2D eigenvalue weighted by atomic mass is 32.2. The molecule has 0 fully saturated rings. The van der Waals surface area contributed by atoms with Gasteiger partial charge in [0.1, 0.15) is 10.7 Å². The Labute approximate surface area is 115 Å². The Kier molecular flexibility index (Phi) is 2.70. The number of para-hydroxylation sites is 2. The molecule has 0 aliphatic rings.